The second-order valence-electron chi connectivity index (χ2n) is 5.52. The molecule has 1 fully saturated rings. The van der Waals surface area contributed by atoms with Gasteiger partial charge in [0.25, 0.3) is 0 Å². The first-order valence-corrected chi connectivity index (χ1v) is 6.57. The highest BCUT2D eigenvalue weighted by molar-refractivity contribution is 6.30. The lowest BCUT2D eigenvalue weighted by Gasteiger charge is -2.39. The molecule has 17 heavy (non-hydrogen) atoms. The molecule has 2 N–H and O–H groups in total. The molecule has 1 aromatic rings. The van der Waals surface area contributed by atoms with Crippen LogP contribution in [0.4, 0.5) is 0 Å². The SMILES string of the molecule is CC1(C)CCCC(C(O)c2ccc(Cl)cc2)N1. The molecule has 1 aliphatic rings. The van der Waals surface area contributed by atoms with Gasteiger partial charge in [-0.25, -0.2) is 0 Å². The van der Waals surface area contributed by atoms with E-state index in [1.54, 1.807) is 0 Å². The van der Waals surface area contributed by atoms with E-state index < -0.39 is 6.10 Å². The fourth-order valence-electron chi connectivity index (χ4n) is 2.54. The first-order chi connectivity index (χ1) is 7.98. The van der Waals surface area contributed by atoms with Crippen LogP contribution >= 0.6 is 11.6 Å². The Hall–Kier alpha value is -0.570. The third-order valence-electron chi connectivity index (χ3n) is 3.49. The summed E-state index contributed by atoms with van der Waals surface area (Å²) in [5.41, 5.74) is 1.06. The monoisotopic (exact) mass is 253 g/mol. The molecular weight excluding hydrogens is 234 g/mol. The van der Waals surface area contributed by atoms with Crippen LogP contribution in [0.1, 0.15) is 44.8 Å². The van der Waals surface area contributed by atoms with Crippen molar-refractivity contribution in [3.8, 4) is 0 Å². The number of piperidine rings is 1. The summed E-state index contributed by atoms with van der Waals surface area (Å²) in [6.07, 6.45) is 2.89. The van der Waals surface area contributed by atoms with Gasteiger partial charge in [-0.3, -0.25) is 0 Å². The summed E-state index contributed by atoms with van der Waals surface area (Å²) in [6.45, 7) is 4.38. The van der Waals surface area contributed by atoms with Gasteiger partial charge < -0.3 is 10.4 Å². The zero-order valence-corrected chi connectivity index (χ0v) is 11.2. The second kappa shape index (κ2) is 4.97. The quantitative estimate of drug-likeness (QED) is 0.848. The topological polar surface area (TPSA) is 32.3 Å². The molecule has 1 aliphatic heterocycles. The van der Waals surface area contributed by atoms with Crippen LogP contribution < -0.4 is 5.32 Å². The second-order valence-corrected chi connectivity index (χ2v) is 5.96. The van der Waals surface area contributed by atoms with Gasteiger partial charge in [-0.2, -0.15) is 0 Å². The van der Waals surface area contributed by atoms with Crippen molar-refractivity contribution < 1.29 is 5.11 Å². The van der Waals surface area contributed by atoms with Crippen molar-refractivity contribution in [3.63, 3.8) is 0 Å². The van der Waals surface area contributed by atoms with Crippen molar-refractivity contribution in [3.05, 3.63) is 34.9 Å². The largest absolute Gasteiger partial charge is 0.387 e. The normalized spacial score (nSPS) is 25.5. The standard InChI is InChI=1S/C14H20ClNO/c1-14(2)9-3-4-12(16-14)13(17)10-5-7-11(15)8-6-10/h5-8,12-13,16-17H,3-4,9H2,1-2H3. The highest BCUT2D eigenvalue weighted by Crippen LogP contribution is 2.29. The van der Waals surface area contributed by atoms with Gasteiger partial charge in [-0.15, -0.1) is 0 Å². The van der Waals surface area contributed by atoms with Crippen molar-refractivity contribution in [2.24, 2.45) is 0 Å². The van der Waals surface area contributed by atoms with E-state index in [-0.39, 0.29) is 11.6 Å². The van der Waals surface area contributed by atoms with Crippen molar-refractivity contribution >= 4 is 11.6 Å². The van der Waals surface area contributed by atoms with E-state index in [1.807, 2.05) is 24.3 Å². The van der Waals surface area contributed by atoms with Gasteiger partial charge in [0.15, 0.2) is 0 Å². The fourth-order valence-corrected chi connectivity index (χ4v) is 2.67. The van der Waals surface area contributed by atoms with Crippen molar-refractivity contribution in [1.82, 2.24) is 5.32 Å². The molecule has 0 aliphatic carbocycles. The van der Waals surface area contributed by atoms with Gasteiger partial charge in [0.05, 0.1) is 6.10 Å². The summed E-state index contributed by atoms with van der Waals surface area (Å²) in [7, 11) is 0. The minimum atomic E-state index is -0.452. The Labute approximate surface area is 108 Å². The van der Waals surface area contributed by atoms with E-state index in [0.29, 0.717) is 5.02 Å². The molecule has 94 valence electrons. The van der Waals surface area contributed by atoms with E-state index in [4.69, 9.17) is 11.6 Å². The van der Waals surface area contributed by atoms with Crippen LogP contribution in [0.5, 0.6) is 0 Å². The van der Waals surface area contributed by atoms with Crippen LogP contribution in [-0.2, 0) is 0 Å². The molecule has 1 aromatic carbocycles. The Kier molecular flexibility index (Phi) is 3.76. The lowest BCUT2D eigenvalue weighted by molar-refractivity contribution is 0.0844. The van der Waals surface area contributed by atoms with Gasteiger partial charge in [-0.1, -0.05) is 23.7 Å². The third kappa shape index (κ3) is 3.21. The highest BCUT2D eigenvalue weighted by atomic mass is 35.5. The molecule has 2 atom stereocenters. The van der Waals surface area contributed by atoms with Crippen LogP contribution in [0.2, 0.25) is 5.02 Å². The van der Waals surface area contributed by atoms with E-state index in [0.717, 1.165) is 24.8 Å². The average molecular weight is 254 g/mol. The predicted octanol–water partition coefficient (Wildman–Crippen LogP) is 3.29. The van der Waals surface area contributed by atoms with Gasteiger partial charge >= 0.3 is 0 Å². The molecule has 0 radical (unpaired) electrons. The summed E-state index contributed by atoms with van der Waals surface area (Å²) in [5.74, 6) is 0. The number of benzene rings is 1. The third-order valence-corrected chi connectivity index (χ3v) is 3.74. The van der Waals surface area contributed by atoms with E-state index >= 15 is 0 Å². The Morgan fingerprint density at radius 3 is 2.59 bits per heavy atom. The number of nitrogens with one attached hydrogen (secondary N) is 1. The van der Waals surface area contributed by atoms with Crippen LogP contribution in [0.3, 0.4) is 0 Å². The Balaban J connectivity index is 2.09. The van der Waals surface area contributed by atoms with Crippen molar-refractivity contribution in [1.29, 1.82) is 0 Å². The Morgan fingerprint density at radius 2 is 2.00 bits per heavy atom. The van der Waals surface area contributed by atoms with E-state index in [9.17, 15) is 5.11 Å². The number of aliphatic hydroxyl groups excluding tert-OH is 1. The molecule has 2 unspecified atom stereocenters. The van der Waals surface area contributed by atoms with Gasteiger partial charge in [0, 0.05) is 16.6 Å². The maximum Gasteiger partial charge on any atom is 0.0943 e. The number of aliphatic hydroxyl groups is 1. The first-order valence-electron chi connectivity index (χ1n) is 6.19. The molecule has 0 amide bonds. The first kappa shape index (κ1) is 12.9. The lowest BCUT2D eigenvalue weighted by atomic mass is 9.86. The van der Waals surface area contributed by atoms with Crippen LogP contribution in [-0.4, -0.2) is 16.7 Å². The van der Waals surface area contributed by atoms with Gasteiger partial charge in [0.2, 0.25) is 0 Å². The minimum Gasteiger partial charge on any atom is -0.387 e. The Bertz CT molecular complexity index is 374. The molecule has 0 aromatic heterocycles. The van der Waals surface area contributed by atoms with Crippen LogP contribution in [0.15, 0.2) is 24.3 Å². The van der Waals surface area contributed by atoms with Crippen molar-refractivity contribution in [2.75, 3.05) is 0 Å². The molecule has 0 spiro atoms. The maximum atomic E-state index is 10.4. The van der Waals surface area contributed by atoms with E-state index in [2.05, 4.69) is 19.2 Å². The van der Waals surface area contributed by atoms with Gasteiger partial charge in [0.1, 0.15) is 0 Å². The lowest BCUT2D eigenvalue weighted by Crippen LogP contribution is -2.51. The highest BCUT2D eigenvalue weighted by Gasteiger charge is 2.31. The Morgan fingerprint density at radius 1 is 1.35 bits per heavy atom. The molecular formula is C14H20ClNO. The molecule has 2 nitrogen and oxygen atoms in total. The molecule has 2 rings (SSSR count). The summed E-state index contributed by atoms with van der Waals surface area (Å²) in [4.78, 5) is 0. The molecule has 0 saturated carbocycles. The number of hydrogen-bond donors (Lipinski definition) is 2. The summed E-state index contributed by atoms with van der Waals surface area (Å²) in [5, 5.41) is 14.6. The molecule has 1 heterocycles. The summed E-state index contributed by atoms with van der Waals surface area (Å²) in [6, 6.07) is 7.59. The van der Waals surface area contributed by atoms with Crippen LogP contribution in [0, 0.1) is 0 Å². The predicted molar refractivity (Wildman–Crippen MR) is 71.3 cm³/mol. The number of rotatable bonds is 2. The zero-order valence-electron chi connectivity index (χ0n) is 10.4. The van der Waals surface area contributed by atoms with E-state index in [1.165, 1.54) is 0 Å². The zero-order chi connectivity index (χ0) is 12.5. The molecule has 3 heteroatoms. The fraction of sp³-hybridized carbons (Fsp3) is 0.571. The molecule has 1 saturated heterocycles. The minimum absolute atomic E-state index is 0.121. The van der Waals surface area contributed by atoms with Gasteiger partial charge in [-0.05, 0) is 50.8 Å². The van der Waals surface area contributed by atoms with Crippen molar-refractivity contribution in [2.45, 2.75) is 50.8 Å². The average Bonchev–Trinajstić information content (AvgIpc) is 2.28. The summed E-state index contributed by atoms with van der Waals surface area (Å²) < 4.78 is 0. The number of hydrogen-bond acceptors (Lipinski definition) is 2. The molecule has 0 bridgehead atoms. The van der Waals surface area contributed by atoms with Crippen LogP contribution in [0.25, 0.3) is 0 Å². The number of halogens is 1. The summed E-state index contributed by atoms with van der Waals surface area (Å²) >= 11 is 5.85. The maximum absolute atomic E-state index is 10.4. The smallest absolute Gasteiger partial charge is 0.0943 e.